The molecule has 0 aliphatic rings. The molecule has 0 saturated carbocycles. The SMILES string of the molecule is O=C(O)CCc1cc(C(F)(F)F)cc(Br)c1O. The fraction of sp³-hybridized carbons (Fsp3) is 0.300. The summed E-state index contributed by atoms with van der Waals surface area (Å²) < 4.78 is 37.3. The lowest BCUT2D eigenvalue weighted by atomic mass is 10.0. The van der Waals surface area contributed by atoms with Gasteiger partial charge in [-0.15, -0.1) is 0 Å². The van der Waals surface area contributed by atoms with Crippen molar-refractivity contribution in [2.45, 2.75) is 19.0 Å². The van der Waals surface area contributed by atoms with Gasteiger partial charge in [-0.1, -0.05) is 0 Å². The number of benzene rings is 1. The Morgan fingerprint density at radius 2 is 1.94 bits per heavy atom. The van der Waals surface area contributed by atoms with Crippen LogP contribution in [-0.4, -0.2) is 16.2 Å². The van der Waals surface area contributed by atoms with E-state index in [2.05, 4.69) is 15.9 Å². The highest BCUT2D eigenvalue weighted by Crippen LogP contribution is 2.37. The number of phenols is 1. The molecule has 0 bridgehead atoms. The van der Waals surface area contributed by atoms with Gasteiger partial charge in [0.2, 0.25) is 0 Å². The number of rotatable bonds is 3. The molecule has 0 aliphatic carbocycles. The number of carboxylic acid groups (broad SMARTS) is 1. The normalized spacial score (nSPS) is 11.5. The predicted molar refractivity (Wildman–Crippen MR) is 56.8 cm³/mol. The molecule has 0 amide bonds. The van der Waals surface area contributed by atoms with Crippen molar-refractivity contribution >= 4 is 21.9 Å². The second kappa shape index (κ2) is 4.95. The largest absolute Gasteiger partial charge is 0.506 e. The average molecular weight is 313 g/mol. The van der Waals surface area contributed by atoms with Gasteiger partial charge in [0.05, 0.1) is 10.0 Å². The van der Waals surface area contributed by atoms with Crippen molar-refractivity contribution in [3.63, 3.8) is 0 Å². The number of phenolic OH excluding ortho intramolecular Hbond substituents is 1. The average Bonchev–Trinajstić information content (AvgIpc) is 2.18. The monoisotopic (exact) mass is 312 g/mol. The summed E-state index contributed by atoms with van der Waals surface area (Å²) >= 11 is 2.80. The van der Waals surface area contributed by atoms with E-state index in [9.17, 15) is 23.1 Å². The van der Waals surface area contributed by atoms with Crippen LogP contribution in [-0.2, 0) is 17.4 Å². The first-order valence-electron chi connectivity index (χ1n) is 4.52. The van der Waals surface area contributed by atoms with Gasteiger partial charge in [0.15, 0.2) is 0 Å². The van der Waals surface area contributed by atoms with Crippen LogP contribution in [0.2, 0.25) is 0 Å². The molecule has 17 heavy (non-hydrogen) atoms. The van der Waals surface area contributed by atoms with Crippen LogP contribution < -0.4 is 0 Å². The number of halogens is 4. The summed E-state index contributed by atoms with van der Waals surface area (Å²) in [7, 11) is 0. The maximum absolute atomic E-state index is 12.5. The number of aryl methyl sites for hydroxylation is 1. The zero-order valence-electron chi connectivity index (χ0n) is 8.38. The number of hydrogen-bond acceptors (Lipinski definition) is 2. The van der Waals surface area contributed by atoms with Gasteiger partial charge in [-0.2, -0.15) is 13.2 Å². The van der Waals surface area contributed by atoms with Crippen molar-refractivity contribution < 1.29 is 28.2 Å². The molecule has 0 unspecified atom stereocenters. The number of aliphatic carboxylic acids is 1. The molecule has 0 saturated heterocycles. The molecule has 1 rings (SSSR count). The van der Waals surface area contributed by atoms with E-state index in [0.29, 0.717) is 0 Å². The van der Waals surface area contributed by atoms with Crippen LogP contribution in [0.1, 0.15) is 17.5 Å². The summed E-state index contributed by atoms with van der Waals surface area (Å²) in [6, 6.07) is 1.50. The van der Waals surface area contributed by atoms with Crippen LogP contribution in [0.15, 0.2) is 16.6 Å². The standard InChI is InChI=1S/C10H8BrF3O3/c11-7-4-6(10(12,13)14)3-5(9(7)17)1-2-8(15)16/h3-4,17H,1-2H2,(H,15,16). The predicted octanol–water partition coefficient (Wildman–Crippen LogP) is 3.19. The minimum Gasteiger partial charge on any atom is -0.506 e. The summed E-state index contributed by atoms with van der Waals surface area (Å²) in [6.45, 7) is 0. The Labute approximate surface area is 103 Å². The number of hydrogen-bond donors (Lipinski definition) is 2. The van der Waals surface area contributed by atoms with Crippen LogP contribution in [0.4, 0.5) is 13.2 Å². The van der Waals surface area contributed by atoms with Crippen molar-refractivity contribution in [2.24, 2.45) is 0 Å². The maximum atomic E-state index is 12.5. The van der Waals surface area contributed by atoms with Crippen molar-refractivity contribution in [1.82, 2.24) is 0 Å². The molecule has 0 aromatic heterocycles. The minimum absolute atomic E-state index is 0.0471. The number of carbonyl (C=O) groups is 1. The van der Waals surface area contributed by atoms with E-state index in [1.54, 1.807) is 0 Å². The maximum Gasteiger partial charge on any atom is 0.416 e. The van der Waals surface area contributed by atoms with E-state index < -0.39 is 17.7 Å². The quantitative estimate of drug-likeness (QED) is 0.901. The third-order valence-corrected chi connectivity index (χ3v) is 2.68. The topological polar surface area (TPSA) is 57.5 Å². The first-order chi connectivity index (χ1) is 7.71. The van der Waals surface area contributed by atoms with Crippen molar-refractivity contribution in [3.8, 4) is 5.75 Å². The van der Waals surface area contributed by atoms with Crippen LogP contribution in [0.5, 0.6) is 5.75 Å². The first kappa shape index (κ1) is 13.8. The molecule has 0 radical (unpaired) electrons. The van der Waals surface area contributed by atoms with E-state index in [0.717, 1.165) is 12.1 Å². The molecular weight excluding hydrogens is 305 g/mol. The Hall–Kier alpha value is -1.24. The molecular formula is C10H8BrF3O3. The highest BCUT2D eigenvalue weighted by molar-refractivity contribution is 9.10. The van der Waals surface area contributed by atoms with Crippen LogP contribution in [0.3, 0.4) is 0 Å². The molecule has 0 spiro atoms. The Morgan fingerprint density at radius 1 is 1.35 bits per heavy atom. The second-order valence-corrected chi connectivity index (χ2v) is 4.21. The van der Waals surface area contributed by atoms with Gasteiger partial charge in [-0.05, 0) is 40.0 Å². The lowest BCUT2D eigenvalue weighted by molar-refractivity contribution is -0.137. The van der Waals surface area contributed by atoms with Gasteiger partial charge in [0.1, 0.15) is 5.75 Å². The molecule has 1 aromatic carbocycles. The third-order valence-electron chi connectivity index (χ3n) is 2.08. The van der Waals surface area contributed by atoms with Gasteiger partial charge in [-0.3, -0.25) is 4.79 Å². The van der Waals surface area contributed by atoms with Gasteiger partial charge < -0.3 is 10.2 Å². The van der Waals surface area contributed by atoms with E-state index in [4.69, 9.17) is 5.11 Å². The Morgan fingerprint density at radius 3 is 2.41 bits per heavy atom. The Bertz CT molecular complexity index is 443. The van der Waals surface area contributed by atoms with Crippen molar-refractivity contribution in [3.05, 3.63) is 27.7 Å². The fourth-order valence-corrected chi connectivity index (χ4v) is 1.75. The summed E-state index contributed by atoms with van der Waals surface area (Å²) in [4.78, 5) is 10.3. The molecule has 0 aliphatic heterocycles. The summed E-state index contributed by atoms with van der Waals surface area (Å²) in [5, 5.41) is 17.9. The summed E-state index contributed by atoms with van der Waals surface area (Å²) in [6.07, 6.45) is -5.04. The molecule has 0 fully saturated rings. The zero-order chi connectivity index (χ0) is 13.2. The molecule has 7 heteroatoms. The molecule has 1 aromatic rings. The number of alkyl halides is 3. The Kier molecular flexibility index (Phi) is 4.03. The molecule has 3 nitrogen and oxygen atoms in total. The van der Waals surface area contributed by atoms with Gasteiger partial charge in [0.25, 0.3) is 0 Å². The fourth-order valence-electron chi connectivity index (χ4n) is 1.25. The zero-order valence-corrected chi connectivity index (χ0v) is 9.97. The molecule has 0 atom stereocenters. The lowest BCUT2D eigenvalue weighted by Crippen LogP contribution is -2.06. The van der Waals surface area contributed by atoms with E-state index in [-0.39, 0.29) is 28.6 Å². The minimum atomic E-state index is -4.53. The van der Waals surface area contributed by atoms with Crippen LogP contribution in [0, 0.1) is 0 Å². The Balaban J connectivity index is 3.11. The van der Waals surface area contributed by atoms with Gasteiger partial charge in [0, 0.05) is 6.42 Å². The second-order valence-electron chi connectivity index (χ2n) is 3.36. The highest BCUT2D eigenvalue weighted by atomic mass is 79.9. The van der Waals surface area contributed by atoms with E-state index in [1.165, 1.54) is 0 Å². The molecule has 2 N–H and O–H groups in total. The van der Waals surface area contributed by atoms with Gasteiger partial charge >= 0.3 is 12.1 Å². The van der Waals surface area contributed by atoms with Crippen molar-refractivity contribution in [1.29, 1.82) is 0 Å². The van der Waals surface area contributed by atoms with E-state index >= 15 is 0 Å². The molecule has 0 heterocycles. The molecule has 94 valence electrons. The first-order valence-corrected chi connectivity index (χ1v) is 5.31. The third kappa shape index (κ3) is 3.62. The lowest BCUT2D eigenvalue weighted by Gasteiger charge is -2.11. The smallest absolute Gasteiger partial charge is 0.416 e. The highest BCUT2D eigenvalue weighted by Gasteiger charge is 2.32. The van der Waals surface area contributed by atoms with Gasteiger partial charge in [-0.25, -0.2) is 0 Å². The number of carboxylic acids is 1. The van der Waals surface area contributed by atoms with Crippen molar-refractivity contribution in [2.75, 3.05) is 0 Å². The van der Waals surface area contributed by atoms with E-state index in [1.807, 2.05) is 0 Å². The summed E-state index contributed by atoms with van der Waals surface area (Å²) in [5.74, 6) is -1.50. The number of aromatic hydroxyl groups is 1. The van der Waals surface area contributed by atoms with Crippen LogP contribution >= 0.6 is 15.9 Å². The van der Waals surface area contributed by atoms with Crippen LogP contribution in [0.25, 0.3) is 0 Å². The summed E-state index contributed by atoms with van der Waals surface area (Å²) in [5.41, 5.74) is -0.975.